The van der Waals surface area contributed by atoms with Crippen LogP contribution >= 0.6 is 11.6 Å². The molecule has 0 bridgehead atoms. The highest BCUT2D eigenvalue weighted by molar-refractivity contribution is 7.89. The summed E-state index contributed by atoms with van der Waals surface area (Å²) in [6, 6.07) is 10.3. The lowest BCUT2D eigenvalue weighted by Gasteiger charge is -2.30. The van der Waals surface area contributed by atoms with E-state index in [0.717, 1.165) is 24.0 Å². The molecule has 1 N–H and O–H groups in total. The van der Waals surface area contributed by atoms with E-state index in [4.69, 9.17) is 11.6 Å². The minimum absolute atomic E-state index is 0.110. The second-order valence-electron chi connectivity index (χ2n) is 8.04. The molecule has 3 aromatic rings. The fourth-order valence-corrected chi connectivity index (χ4v) is 5.64. The van der Waals surface area contributed by atoms with Crippen molar-refractivity contribution in [1.29, 1.82) is 0 Å². The molecular formula is C22H26ClN5O3S. The van der Waals surface area contributed by atoms with Crippen LogP contribution in [0.4, 0.5) is 5.69 Å². The van der Waals surface area contributed by atoms with Crippen molar-refractivity contribution < 1.29 is 13.2 Å². The number of hydrogen-bond donors (Lipinski definition) is 1. The summed E-state index contributed by atoms with van der Waals surface area (Å²) < 4.78 is 29.6. The summed E-state index contributed by atoms with van der Waals surface area (Å²) in [7, 11) is -3.67. The smallest absolute Gasteiger partial charge is 0.243 e. The Hall–Kier alpha value is -2.49. The van der Waals surface area contributed by atoms with Gasteiger partial charge in [0.25, 0.3) is 0 Å². The van der Waals surface area contributed by atoms with E-state index in [2.05, 4.69) is 15.6 Å². The van der Waals surface area contributed by atoms with Crippen LogP contribution in [0.5, 0.6) is 0 Å². The quantitative estimate of drug-likeness (QED) is 0.584. The first kappa shape index (κ1) is 22.7. The van der Waals surface area contributed by atoms with Crippen LogP contribution in [0.2, 0.25) is 5.02 Å². The Morgan fingerprint density at radius 1 is 1.22 bits per heavy atom. The minimum atomic E-state index is -3.67. The Morgan fingerprint density at radius 3 is 2.69 bits per heavy atom. The number of aryl methyl sites for hydroxylation is 1. The highest BCUT2D eigenvalue weighted by Gasteiger charge is 2.32. The van der Waals surface area contributed by atoms with Crippen LogP contribution < -0.4 is 5.32 Å². The Morgan fingerprint density at radius 2 is 1.97 bits per heavy atom. The predicted octanol–water partition coefficient (Wildman–Crippen LogP) is 3.84. The lowest BCUT2D eigenvalue weighted by Crippen LogP contribution is -2.41. The van der Waals surface area contributed by atoms with Crippen molar-refractivity contribution in [2.45, 2.75) is 44.6 Å². The Labute approximate surface area is 192 Å². The molecule has 1 fully saturated rings. The average molecular weight is 476 g/mol. The monoisotopic (exact) mass is 475 g/mol. The van der Waals surface area contributed by atoms with Crippen LogP contribution in [0.1, 0.15) is 31.7 Å². The van der Waals surface area contributed by atoms with Gasteiger partial charge in [-0.2, -0.15) is 4.31 Å². The standard InChI is InChI=1S/C22H26ClN5O3S/c1-3-11-28-21-8-7-17(14-20(21)25-26-28)32(30,31)27-12-9-16(10-13-27)22(29)24-19-6-4-5-18(23)15(19)2/h4-8,14,16H,3,9-13H2,1-2H3,(H,24,29). The van der Waals surface area contributed by atoms with Gasteiger partial charge in [0.1, 0.15) is 5.52 Å². The van der Waals surface area contributed by atoms with Crippen molar-refractivity contribution in [3.05, 3.63) is 47.0 Å². The molecule has 8 nitrogen and oxygen atoms in total. The zero-order valence-corrected chi connectivity index (χ0v) is 19.7. The van der Waals surface area contributed by atoms with Crippen molar-refractivity contribution in [1.82, 2.24) is 19.3 Å². The zero-order chi connectivity index (χ0) is 22.9. The molecule has 0 unspecified atom stereocenters. The number of rotatable bonds is 6. The van der Waals surface area contributed by atoms with Gasteiger partial charge < -0.3 is 5.32 Å². The molecular weight excluding hydrogens is 450 g/mol. The van der Waals surface area contributed by atoms with E-state index < -0.39 is 10.0 Å². The highest BCUT2D eigenvalue weighted by atomic mass is 35.5. The number of hydrogen-bond acceptors (Lipinski definition) is 5. The van der Waals surface area contributed by atoms with Crippen molar-refractivity contribution in [2.75, 3.05) is 18.4 Å². The molecule has 2 heterocycles. The van der Waals surface area contributed by atoms with Gasteiger partial charge in [-0.25, -0.2) is 13.1 Å². The van der Waals surface area contributed by atoms with Crippen LogP contribution in [-0.2, 0) is 21.4 Å². The molecule has 2 aromatic carbocycles. The first-order valence-electron chi connectivity index (χ1n) is 10.7. The maximum absolute atomic E-state index is 13.2. The average Bonchev–Trinajstić information content (AvgIpc) is 3.19. The largest absolute Gasteiger partial charge is 0.326 e. The molecule has 32 heavy (non-hydrogen) atoms. The molecule has 10 heteroatoms. The van der Waals surface area contributed by atoms with Crippen molar-refractivity contribution in [3.8, 4) is 0 Å². The van der Waals surface area contributed by atoms with Crippen molar-refractivity contribution in [2.24, 2.45) is 5.92 Å². The second-order valence-corrected chi connectivity index (χ2v) is 10.4. The van der Waals surface area contributed by atoms with Gasteiger partial charge in [0.15, 0.2) is 0 Å². The third-order valence-electron chi connectivity index (χ3n) is 5.91. The Balaban J connectivity index is 1.43. The van der Waals surface area contributed by atoms with Gasteiger partial charge >= 0.3 is 0 Å². The number of nitrogens with zero attached hydrogens (tertiary/aromatic N) is 4. The number of carbonyl (C=O) groups excluding carboxylic acids is 1. The Bertz CT molecular complexity index is 1250. The lowest BCUT2D eigenvalue weighted by molar-refractivity contribution is -0.120. The van der Waals surface area contributed by atoms with Crippen molar-refractivity contribution >= 4 is 44.3 Å². The van der Waals surface area contributed by atoms with E-state index in [9.17, 15) is 13.2 Å². The summed E-state index contributed by atoms with van der Waals surface area (Å²) in [4.78, 5) is 12.9. The number of piperidine rings is 1. The number of benzene rings is 2. The lowest BCUT2D eigenvalue weighted by atomic mass is 9.97. The molecule has 1 amide bonds. The molecule has 1 saturated heterocycles. The van der Waals surface area contributed by atoms with Gasteiger partial charge in [-0.3, -0.25) is 4.79 Å². The first-order chi connectivity index (χ1) is 15.3. The zero-order valence-electron chi connectivity index (χ0n) is 18.1. The van der Waals surface area contributed by atoms with Gasteiger partial charge in [0, 0.05) is 36.3 Å². The van der Waals surface area contributed by atoms with Gasteiger partial charge in [-0.1, -0.05) is 29.8 Å². The molecule has 0 radical (unpaired) electrons. The van der Waals surface area contributed by atoms with Gasteiger partial charge in [0.2, 0.25) is 15.9 Å². The molecule has 0 spiro atoms. The molecule has 0 saturated carbocycles. The minimum Gasteiger partial charge on any atom is -0.326 e. The van der Waals surface area contributed by atoms with E-state index in [-0.39, 0.29) is 29.8 Å². The number of halogens is 1. The normalized spacial score (nSPS) is 15.8. The Kier molecular flexibility index (Phi) is 6.50. The maximum atomic E-state index is 13.2. The first-order valence-corrected chi connectivity index (χ1v) is 12.5. The number of fused-ring (bicyclic) bond motifs is 1. The third-order valence-corrected chi connectivity index (χ3v) is 8.21. The molecule has 0 atom stereocenters. The van der Waals surface area contributed by atoms with Gasteiger partial charge in [-0.05, 0) is 62.1 Å². The van der Waals surface area contributed by atoms with E-state index >= 15 is 0 Å². The number of anilines is 1. The van der Waals surface area contributed by atoms with Crippen LogP contribution in [0.15, 0.2) is 41.3 Å². The predicted molar refractivity (Wildman–Crippen MR) is 124 cm³/mol. The summed E-state index contributed by atoms with van der Waals surface area (Å²) >= 11 is 6.13. The van der Waals surface area contributed by atoms with Crippen LogP contribution in [0, 0.1) is 12.8 Å². The van der Waals surface area contributed by atoms with E-state index in [0.29, 0.717) is 29.1 Å². The summed E-state index contributed by atoms with van der Waals surface area (Å²) in [5.74, 6) is -0.363. The molecule has 1 aliphatic rings. The third kappa shape index (κ3) is 4.37. The number of aromatic nitrogens is 3. The maximum Gasteiger partial charge on any atom is 0.243 e. The second kappa shape index (κ2) is 9.17. The summed E-state index contributed by atoms with van der Waals surface area (Å²) in [6.07, 6.45) is 1.83. The van der Waals surface area contributed by atoms with Crippen LogP contribution in [0.3, 0.4) is 0 Å². The van der Waals surface area contributed by atoms with Gasteiger partial charge in [0.05, 0.1) is 10.4 Å². The SMILES string of the molecule is CCCn1nnc2cc(S(=O)(=O)N3CCC(C(=O)Nc4cccc(Cl)c4C)CC3)ccc21. The molecule has 0 aliphatic carbocycles. The number of amides is 1. The number of nitrogens with one attached hydrogen (secondary N) is 1. The summed E-state index contributed by atoms with van der Waals surface area (Å²) in [5.41, 5.74) is 2.87. The van der Waals surface area contributed by atoms with E-state index in [1.165, 1.54) is 4.31 Å². The van der Waals surface area contributed by atoms with E-state index in [1.54, 1.807) is 35.0 Å². The van der Waals surface area contributed by atoms with Gasteiger partial charge in [-0.15, -0.1) is 5.10 Å². The number of sulfonamides is 1. The van der Waals surface area contributed by atoms with Crippen LogP contribution in [0.25, 0.3) is 11.0 Å². The molecule has 1 aliphatic heterocycles. The summed E-state index contributed by atoms with van der Waals surface area (Å²) in [6.45, 7) is 5.20. The fraction of sp³-hybridized carbons (Fsp3) is 0.409. The molecule has 4 rings (SSSR count). The topological polar surface area (TPSA) is 97.2 Å². The van der Waals surface area contributed by atoms with Crippen molar-refractivity contribution in [3.63, 3.8) is 0 Å². The molecule has 170 valence electrons. The highest BCUT2D eigenvalue weighted by Crippen LogP contribution is 2.28. The molecule has 1 aromatic heterocycles. The van der Waals surface area contributed by atoms with E-state index in [1.807, 2.05) is 19.9 Å². The van der Waals surface area contributed by atoms with Crippen LogP contribution in [-0.4, -0.2) is 46.7 Å². The summed E-state index contributed by atoms with van der Waals surface area (Å²) in [5, 5.41) is 11.7. The number of carbonyl (C=O) groups is 1. The fourth-order valence-electron chi connectivity index (χ4n) is 3.97.